The van der Waals surface area contributed by atoms with Gasteiger partial charge in [0.05, 0.1) is 11.5 Å². The zero-order chi connectivity index (χ0) is 22.9. The number of halogens is 1. The number of benzene rings is 2. The minimum absolute atomic E-state index is 0.0117. The Balaban J connectivity index is 1.61. The van der Waals surface area contributed by atoms with Gasteiger partial charge in [-0.25, -0.2) is 5.43 Å². The number of ether oxygens (including phenoxy) is 1. The van der Waals surface area contributed by atoms with Crippen molar-refractivity contribution >= 4 is 35.5 Å². The molecule has 0 saturated carbocycles. The van der Waals surface area contributed by atoms with Crippen LogP contribution >= 0.6 is 23.4 Å². The van der Waals surface area contributed by atoms with Crippen LogP contribution in [0.25, 0.3) is 0 Å². The van der Waals surface area contributed by atoms with Gasteiger partial charge in [0.15, 0.2) is 11.0 Å². The average molecular weight is 472 g/mol. The molecule has 0 bridgehead atoms. The lowest BCUT2D eigenvalue weighted by atomic mass is 10.2. The van der Waals surface area contributed by atoms with Gasteiger partial charge in [0.1, 0.15) is 18.1 Å². The monoisotopic (exact) mass is 471 g/mol. The van der Waals surface area contributed by atoms with Crippen molar-refractivity contribution in [3.63, 3.8) is 0 Å². The first kappa shape index (κ1) is 23.4. The van der Waals surface area contributed by atoms with Crippen molar-refractivity contribution in [3.8, 4) is 11.5 Å². The SMILES string of the molecule is C=CCn1c(COc2ccccc2)nnc1S[C@H](C)C(=O)N/N=C\c1cc(Cl)ccc1O. The Labute approximate surface area is 195 Å². The van der Waals surface area contributed by atoms with E-state index in [0.717, 1.165) is 5.75 Å². The van der Waals surface area contributed by atoms with Crippen LogP contribution in [-0.4, -0.2) is 37.2 Å². The number of thioether (sulfide) groups is 1. The quantitative estimate of drug-likeness (QED) is 0.200. The normalized spacial score (nSPS) is 11.9. The van der Waals surface area contributed by atoms with E-state index in [1.807, 2.05) is 34.9 Å². The molecule has 0 aliphatic heterocycles. The van der Waals surface area contributed by atoms with E-state index < -0.39 is 5.25 Å². The number of aromatic hydroxyl groups is 1. The van der Waals surface area contributed by atoms with Crippen molar-refractivity contribution < 1.29 is 14.6 Å². The first-order valence-corrected chi connectivity index (χ1v) is 10.9. The van der Waals surface area contributed by atoms with Gasteiger partial charge in [-0.05, 0) is 37.3 Å². The van der Waals surface area contributed by atoms with E-state index >= 15 is 0 Å². The maximum absolute atomic E-state index is 12.4. The zero-order valence-corrected chi connectivity index (χ0v) is 18.9. The molecule has 2 N–H and O–H groups in total. The van der Waals surface area contributed by atoms with Gasteiger partial charge in [0, 0.05) is 17.1 Å². The number of amides is 1. The van der Waals surface area contributed by atoms with Gasteiger partial charge in [0.2, 0.25) is 0 Å². The van der Waals surface area contributed by atoms with Crippen molar-refractivity contribution in [1.29, 1.82) is 0 Å². The number of phenols is 1. The van der Waals surface area contributed by atoms with Gasteiger partial charge in [0.25, 0.3) is 5.91 Å². The molecule has 32 heavy (non-hydrogen) atoms. The molecule has 0 saturated heterocycles. The number of nitrogens with one attached hydrogen (secondary N) is 1. The summed E-state index contributed by atoms with van der Waals surface area (Å²) < 4.78 is 7.61. The molecule has 8 nitrogen and oxygen atoms in total. The van der Waals surface area contributed by atoms with E-state index in [9.17, 15) is 9.90 Å². The van der Waals surface area contributed by atoms with Crippen LogP contribution in [0.2, 0.25) is 5.02 Å². The van der Waals surface area contributed by atoms with Crippen molar-refractivity contribution in [2.45, 2.75) is 30.5 Å². The van der Waals surface area contributed by atoms with Crippen LogP contribution in [0.5, 0.6) is 11.5 Å². The van der Waals surface area contributed by atoms with E-state index in [1.54, 1.807) is 25.1 Å². The van der Waals surface area contributed by atoms with Crippen LogP contribution in [0.15, 0.2) is 71.4 Å². The molecule has 0 fully saturated rings. The summed E-state index contributed by atoms with van der Waals surface area (Å²) in [4.78, 5) is 12.4. The number of aromatic nitrogens is 3. The summed E-state index contributed by atoms with van der Waals surface area (Å²) >= 11 is 7.15. The fraction of sp³-hybridized carbons (Fsp3) is 0.182. The average Bonchev–Trinajstić information content (AvgIpc) is 3.16. The van der Waals surface area contributed by atoms with E-state index in [4.69, 9.17) is 16.3 Å². The fourth-order valence-electron chi connectivity index (χ4n) is 2.59. The molecular weight excluding hydrogens is 450 g/mol. The predicted octanol–water partition coefficient (Wildman–Crippen LogP) is 4.03. The van der Waals surface area contributed by atoms with Crippen LogP contribution in [0.1, 0.15) is 18.3 Å². The van der Waals surface area contributed by atoms with Gasteiger partial charge >= 0.3 is 0 Å². The van der Waals surface area contributed by atoms with Crippen LogP contribution in [0.3, 0.4) is 0 Å². The summed E-state index contributed by atoms with van der Waals surface area (Å²) in [7, 11) is 0. The molecule has 0 aliphatic carbocycles. The van der Waals surface area contributed by atoms with Gasteiger partial charge in [-0.3, -0.25) is 9.36 Å². The maximum Gasteiger partial charge on any atom is 0.253 e. The highest BCUT2D eigenvalue weighted by molar-refractivity contribution is 8.00. The van der Waals surface area contributed by atoms with Gasteiger partial charge in [-0.15, -0.1) is 16.8 Å². The molecular formula is C22H22ClN5O3S. The third kappa shape index (κ3) is 6.35. The number of hydrazone groups is 1. The zero-order valence-electron chi connectivity index (χ0n) is 17.3. The molecule has 0 radical (unpaired) electrons. The van der Waals surface area contributed by atoms with Crippen molar-refractivity contribution in [2.24, 2.45) is 5.10 Å². The summed E-state index contributed by atoms with van der Waals surface area (Å²) in [6.07, 6.45) is 3.06. The summed E-state index contributed by atoms with van der Waals surface area (Å²) in [5, 5.41) is 22.6. The number of phenolic OH excluding ortho intramolecular Hbond substituents is 1. The molecule has 2 aromatic carbocycles. The number of rotatable bonds is 10. The number of hydrogen-bond acceptors (Lipinski definition) is 7. The van der Waals surface area contributed by atoms with E-state index in [2.05, 4.69) is 27.3 Å². The van der Waals surface area contributed by atoms with Crippen molar-refractivity contribution in [2.75, 3.05) is 0 Å². The Morgan fingerprint density at radius 1 is 1.34 bits per heavy atom. The molecule has 3 rings (SSSR count). The number of carbonyl (C=O) groups is 1. The molecule has 0 unspecified atom stereocenters. The number of allylic oxidation sites excluding steroid dienone is 1. The van der Waals surface area contributed by atoms with Gasteiger partial charge < -0.3 is 9.84 Å². The van der Waals surface area contributed by atoms with Gasteiger partial charge in [-0.2, -0.15) is 5.10 Å². The Kier molecular flexibility index (Phi) is 8.29. The van der Waals surface area contributed by atoms with Crippen LogP contribution < -0.4 is 10.2 Å². The minimum Gasteiger partial charge on any atom is -0.507 e. The largest absolute Gasteiger partial charge is 0.507 e. The first-order chi connectivity index (χ1) is 15.5. The molecule has 10 heteroatoms. The van der Waals surface area contributed by atoms with Crippen LogP contribution in [0, 0.1) is 0 Å². The number of hydrogen-bond donors (Lipinski definition) is 2. The third-order valence-corrected chi connectivity index (χ3v) is 5.55. The molecule has 1 amide bonds. The maximum atomic E-state index is 12.4. The van der Waals surface area contributed by atoms with E-state index in [1.165, 1.54) is 24.0 Å². The lowest BCUT2D eigenvalue weighted by molar-refractivity contribution is -0.120. The smallest absolute Gasteiger partial charge is 0.253 e. The van der Waals surface area contributed by atoms with E-state index in [-0.39, 0.29) is 18.3 Å². The predicted molar refractivity (Wildman–Crippen MR) is 125 cm³/mol. The molecule has 0 aliphatic rings. The van der Waals surface area contributed by atoms with Crippen molar-refractivity contribution in [1.82, 2.24) is 20.2 Å². The second-order valence-electron chi connectivity index (χ2n) is 6.60. The first-order valence-electron chi connectivity index (χ1n) is 9.67. The second-order valence-corrected chi connectivity index (χ2v) is 8.34. The molecule has 3 aromatic rings. The lowest BCUT2D eigenvalue weighted by Crippen LogP contribution is -2.27. The summed E-state index contributed by atoms with van der Waals surface area (Å²) in [6, 6.07) is 14.0. The fourth-order valence-corrected chi connectivity index (χ4v) is 3.64. The standard InChI is InChI=1S/C22H22ClN5O3S/c1-3-11-28-20(14-31-18-7-5-4-6-8-18)25-27-22(28)32-15(2)21(30)26-24-13-16-12-17(23)9-10-19(16)29/h3-10,12-13,15,29H,1,11,14H2,2H3,(H,26,30)/b24-13-/t15-/m1/s1. The molecule has 0 spiro atoms. The molecule has 1 atom stereocenters. The van der Waals surface area contributed by atoms with Gasteiger partial charge in [-0.1, -0.05) is 47.6 Å². The highest BCUT2D eigenvalue weighted by Crippen LogP contribution is 2.23. The van der Waals surface area contributed by atoms with E-state index in [0.29, 0.717) is 28.1 Å². The lowest BCUT2D eigenvalue weighted by Gasteiger charge is -2.11. The molecule has 166 valence electrons. The second kappa shape index (κ2) is 11.4. The summed E-state index contributed by atoms with van der Waals surface area (Å²) in [5.41, 5.74) is 2.85. The number of nitrogens with zero attached hydrogens (tertiary/aromatic N) is 4. The highest BCUT2D eigenvalue weighted by atomic mass is 35.5. The highest BCUT2D eigenvalue weighted by Gasteiger charge is 2.20. The molecule has 1 aromatic heterocycles. The molecule has 1 heterocycles. The summed E-state index contributed by atoms with van der Waals surface area (Å²) in [6.45, 7) is 6.22. The topological polar surface area (TPSA) is 102 Å². The Morgan fingerprint density at radius 2 is 2.12 bits per heavy atom. The number of carbonyl (C=O) groups excluding carboxylic acids is 1. The minimum atomic E-state index is -0.504. The van der Waals surface area contributed by atoms with Crippen molar-refractivity contribution in [3.05, 3.63) is 77.6 Å². The Hall–Kier alpha value is -3.30. The Bertz CT molecular complexity index is 1100. The van der Waals surface area contributed by atoms with Crippen LogP contribution in [-0.2, 0) is 17.9 Å². The number of para-hydroxylation sites is 1. The Morgan fingerprint density at radius 3 is 2.88 bits per heavy atom. The third-order valence-electron chi connectivity index (χ3n) is 4.24. The summed E-state index contributed by atoms with van der Waals surface area (Å²) in [5.74, 6) is 1.03. The van der Waals surface area contributed by atoms with Crippen LogP contribution in [0.4, 0.5) is 0 Å².